The fourth-order valence-electron chi connectivity index (χ4n) is 6.28. The number of hydrogen-bond donors (Lipinski definition) is 0. The van der Waals surface area contributed by atoms with Crippen LogP contribution >= 0.6 is 0 Å². The van der Waals surface area contributed by atoms with Crippen LogP contribution in [0.3, 0.4) is 0 Å². The lowest BCUT2D eigenvalue weighted by molar-refractivity contribution is -0.138. The molecule has 0 aliphatic carbocycles. The third kappa shape index (κ3) is 9.43. The predicted molar refractivity (Wildman–Crippen MR) is 195 cm³/mol. The lowest BCUT2D eigenvalue weighted by Gasteiger charge is -2.29. The largest absolute Gasteiger partial charge is 0.496 e. The van der Waals surface area contributed by atoms with Crippen LogP contribution in [0.2, 0.25) is 0 Å². The van der Waals surface area contributed by atoms with Crippen molar-refractivity contribution >= 4 is 11.6 Å². The third-order valence-electron chi connectivity index (χ3n) is 9.17. The first-order valence-corrected chi connectivity index (χ1v) is 17.4. The first-order chi connectivity index (χ1) is 25.8. The number of nitrogens with zero attached hydrogens (tertiary/aromatic N) is 4. The van der Waals surface area contributed by atoms with Crippen LogP contribution in [0.4, 0.5) is 38.0 Å². The van der Waals surface area contributed by atoms with E-state index in [1.54, 1.807) is 47.6 Å². The molecule has 0 N–H and O–H groups in total. The summed E-state index contributed by atoms with van der Waals surface area (Å²) < 4.78 is 102. The Morgan fingerprint density at radius 2 is 1.46 bits per heavy atom. The van der Waals surface area contributed by atoms with Gasteiger partial charge in [0.1, 0.15) is 18.1 Å². The standard InChI is InChI=1S/C41H40F6N4O3/c1-27(2)30-9-12-38(52-3)37(20-30)36-11-10-32(40(42,43)44)19-31(36)25-51(39-48-22-34(23-49-39)50-13-15-53-16-14-50)24-29-17-33(41(45,46)47)21-35(18-29)54-26-28-7-5-4-6-8-28/h4-12,17-23,27H,13-16,24-26H2,1-3H3. The molecule has 13 heteroatoms. The molecule has 1 aromatic heterocycles. The minimum atomic E-state index is -4.70. The second-order valence-electron chi connectivity index (χ2n) is 13.3. The summed E-state index contributed by atoms with van der Waals surface area (Å²) in [5.41, 5.74) is 2.11. The van der Waals surface area contributed by atoms with Crippen LogP contribution in [0.5, 0.6) is 11.5 Å². The van der Waals surface area contributed by atoms with Gasteiger partial charge in [-0.2, -0.15) is 26.3 Å². The molecule has 1 aliphatic rings. The van der Waals surface area contributed by atoms with Crippen molar-refractivity contribution in [3.63, 3.8) is 0 Å². The summed E-state index contributed by atoms with van der Waals surface area (Å²) in [5.74, 6) is 0.669. The van der Waals surface area contributed by atoms with Crippen molar-refractivity contribution in [3.8, 4) is 22.6 Å². The number of ether oxygens (including phenoxy) is 3. The van der Waals surface area contributed by atoms with E-state index in [1.165, 1.54) is 19.2 Å². The van der Waals surface area contributed by atoms with Gasteiger partial charge in [0.2, 0.25) is 5.95 Å². The van der Waals surface area contributed by atoms with E-state index in [2.05, 4.69) is 9.97 Å². The zero-order valence-corrected chi connectivity index (χ0v) is 30.0. The monoisotopic (exact) mass is 750 g/mol. The van der Waals surface area contributed by atoms with Crippen molar-refractivity contribution in [2.45, 2.75) is 51.8 Å². The van der Waals surface area contributed by atoms with Gasteiger partial charge in [-0.3, -0.25) is 0 Å². The number of benzene rings is 4. The highest BCUT2D eigenvalue weighted by Gasteiger charge is 2.33. The highest BCUT2D eigenvalue weighted by Crippen LogP contribution is 2.40. The van der Waals surface area contributed by atoms with Gasteiger partial charge in [0.05, 0.1) is 49.5 Å². The maximum Gasteiger partial charge on any atom is 0.416 e. The van der Waals surface area contributed by atoms with Crippen LogP contribution in [0, 0.1) is 0 Å². The van der Waals surface area contributed by atoms with Crippen LogP contribution in [0.1, 0.15) is 53.1 Å². The van der Waals surface area contributed by atoms with Gasteiger partial charge in [-0.15, -0.1) is 0 Å². The van der Waals surface area contributed by atoms with E-state index in [-0.39, 0.29) is 48.4 Å². The van der Waals surface area contributed by atoms with Crippen molar-refractivity contribution in [2.24, 2.45) is 0 Å². The van der Waals surface area contributed by atoms with Gasteiger partial charge in [-0.05, 0) is 76.2 Å². The predicted octanol–water partition coefficient (Wildman–Crippen LogP) is 9.94. The molecule has 2 heterocycles. The molecule has 7 nitrogen and oxygen atoms in total. The second kappa shape index (κ2) is 16.4. The fourth-order valence-corrected chi connectivity index (χ4v) is 6.28. The third-order valence-corrected chi connectivity index (χ3v) is 9.17. The first kappa shape index (κ1) is 38.4. The van der Waals surface area contributed by atoms with Crippen molar-refractivity contribution in [3.05, 3.63) is 131 Å². The maximum absolute atomic E-state index is 14.3. The molecule has 0 atom stereocenters. The minimum absolute atomic E-state index is 0.0118. The molecule has 54 heavy (non-hydrogen) atoms. The van der Waals surface area contributed by atoms with Crippen molar-refractivity contribution in [1.29, 1.82) is 0 Å². The molecule has 0 amide bonds. The van der Waals surface area contributed by atoms with Crippen LogP contribution in [0.25, 0.3) is 11.1 Å². The lowest BCUT2D eigenvalue weighted by atomic mass is 9.92. The Morgan fingerprint density at radius 1 is 0.759 bits per heavy atom. The normalized spacial score (nSPS) is 13.6. The van der Waals surface area contributed by atoms with E-state index >= 15 is 0 Å². The molecule has 1 saturated heterocycles. The summed E-state index contributed by atoms with van der Waals surface area (Å²) in [6.07, 6.45) is -6.16. The molecule has 0 spiro atoms. The highest BCUT2D eigenvalue weighted by molar-refractivity contribution is 5.75. The number of halogens is 6. The smallest absolute Gasteiger partial charge is 0.416 e. The quantitative estimate of drug-likeness (QED) is 0.118. The summed E-state index contributed by atoms with van der Waals surface area (Å²) >= 11 is 0. The summed E-state index contributed by atoms with van der Waals surface area (Å²) in [7, 11) is 1.49. The number of aromatic nitrogens is 2. The number of rotatable bonds is 12. The van der Waals surface area contributed by atoms with E-state index in [1.807, 2.05) is 36.9 Å². The fraction of sp³-hybridized carbons (Fsp3) is 0.317. The molecule has 0 bridgehead atoms. The van der Waals surface area contributed by atoms with Gasteiger partial charge in [0.25, 0.3) is 0 Å². The Bertz CT molecular complexity index is 2020. The van der Waals surface area contributed by atoms with E-state index in [4.69, 9.17) is 14.2 Å². The molecule has 0 unspecified atom stereocenters. The molecule has 6 rings (SSSR count). The molecular weight excluding hydrogens is 710 g/mol. The van der Waals surface area contributed by atoms with Crippen molar-refractivity contribution < 1.29 is 40.6 Å². The zero-order chi connectivity index (χ0) is 38.5. The van der Waals surface area contributed by atoms with Crippen LogP contribution in [0.15, 0.2) is 97.3 Å². The minimum Gasteiger partial charge on any atom is -0.496 e. The summed E-state index contributed by atoms with van der Waals surface area (Å²) in [6, 6.07) is 21.5. The van der Waals surface area contributed by atoms with Crippen LogP contribution in [-0.2, 0) is 36.8 Å². The van der Waals surface area contributed by atoms with E-state index in [0.717, 1.165) is 35.4 Å². The molecule has 1 fully saturated rings. The lowest BCUT2D eigenvalue weighted by Crippen LogP contribution is -2.36. The molecule has 1 aliphatic heterocycles. The summed E-state index contributed by atoms with van der Waals surface area (Å²) in [4.78, 5) is 12.8. The van der Waals surface area contributed by atoms with Crippen LogP contribution in [-0.4, -0.2) is 43.4 Å². The average molecular weight is 751 g/mol. The Morgan fingerprint density at radius 3 is 2.11 bits per heavy atom. The Balaban J connectivity index is 1.45. The summed E-state index contributed by atoms with van der Waals surface area (Å²) in [5, 5.41) is 0. The maximum atomic E-state index is 14.3. The molecular formula is C41H40F6N4O3. The van der Waals surface area contributed by atoms with E-state index < -0.39 is 23.5 Å². The molecule has 4 aromatic carbocycles. The Hall–Kier alpha value is -5.30. The van der Waals surface area contributed by atoms with E-state index in [0.29, 0.717) is 48.9 Å². The van der Waals surface area contributed by atoms with Gasteiger partial charge >= 0.3 is 12.4 Å². The molecule has 0 radical (unpaired) electrons. The Kier molecular flexibility index (Phi) is 11.7. The van der Waals surface area contributed by atoms with Gasteiger partial charge in [-0.25, -0.2) is 9.97 Å². The number of methoxy groups -OCH3 is 1. The van der Waals surface area contributed by atoms with E-state index in [9.17, 15) is 26.3 Å². The highest BCUT2D eigenvalue weighted by atomic mass is 19.4. The molecule has 5 aromatic rings. The first-order valence-electron chi connectivity index (χ1n) is 17.4. The van der Waals surface area contributed by atoms with Crippen LogP contribution < -0.4 is 19.3 Å². The number of hydrogen-bond acceptors (Lipinski definition) is 7. The van der Waals surface area contributed by atoms with Crippen molar-refractivity contribution in [2.75, 3.05) is 43.2 Å². The topological polar surface area (TPSA) is 60.0 Å². The molecule has 0 saturated carbocycles. The SMILES string of the molecule is COc1ccc(C(C)C)cc1-c1ccc(C(F)(F)F)cc1CN(Cc1cc(OCc2ccccc2)cc(C(F)(F)F)c1)c1ncc(N2CCOCC2)cn1. The zero-order valence-electron chi connectivity index (χ0n) is 30.0. The number of alkyl halides is 6. The van der Waals surface area contributed by atoms with Gasteiger partial charge < -0.3 is 24.0 Å². The number of anilines is 2. The Labute approximate surface area is 310 Å². The second-order valence-corrected chi connectivity index (χ2v) is 13.3. The van der Waals surface area contributed by atoms with Gasteiger partial charge in [-0.1, -0.05) is 56.3 Å². The van der Waals surface area contributed by atoms with Gasteiger partial charge in [0.15, 0.2) is 0 Å². The van der Waals surface area contributed by atoms with Gasteiger partial charge in [0, 0.05) is 31.7 Å². The number of morpholine rings is 1. The van der Waals surface area contributed by atoms with Crippen molar-refractivity contribution in [1.82, 2.24) is 9.97 Å². The molecule has 284 valence electrons. The average Bonchev–Trinajstić information content (AvgIpc) is 3.16. The summed E-state index contributed by atoms with van der Waals surface area (Å²) in [6.45, 7) is 5.94.